The first-order valence-electron chi connectivity index (χ1n) is 9.58. The van der Waals surface area contributed by atoms with Crippen LogP contribution in [0.15, 0.2) is 30.3 Å². The van der Waals surface area contributed by atoms with Gasteiger partial charge in [-0.05, 0) is 44.0 Å². The van der Waals surface area contributed by atoms with Crippen molar-refractivity contribution in [3.63, 3.8) is 0 Å². The van der Waals surface area contributed by atoms with Gasteiger partial charge in [-0.25, -0.2) is 9.07 Å². The van der Waals surface area contributed by atoms with Crippen LogP contribution in [0.25, 0.3) is 5.69 Å². The van der Waals surface area contributed by atoms with Gasteiger partial charge in [0.25, 0.3) is 0 Å². The second-order valence-corrected chi connectivity index (χ2v) is 8.36. The number of piperidine rings is 1. The molecule has 1 N–H and O–H groups in total. The Labute approximate surface area is 164 Å². The molecule has 1 aromatic heterocycles. The van der Waals surface area contributed by atoms with E-state index in [0.717, 1.165) is 5.69 Å². The van der Waals surface area contributed by atoms with Crippen molar-refractivity contribution < 1.29 is 14.0 Å². The number of aromatic nitrogens is 2. The van der Waals surface area contributed by atoms with Crippen LogP contribution in [0.4, 0.5) is 10.2 Å². The van der Waals surface area contributed by atoms with Gasteiger partial charge in [0.05, 0.1) is 11.4 Å². The molecule has 1 aliphatic heterocycles. The van der Waals surface area contributed by atoms with Crippen LogP contribution >= 0.6 is 0 Å². The highest BCUT2D eigenvalue weighted by molar-refractivity contribution is 5.92. The summed E-state index contributed by atoms with van der Waals surface area (Å²) in [5.41, 5.74) is 1.02. The number of carbonyl (C=O) groups excluding carboxylic acids is 2. The van der Waals surface area contributed by atoms with E-state index in [4.69, 9.17) is 0 Å². The van der Waals surface area contributed by atoms with E-state index in [1.807, 2.05) is 32.6 Å². The Bertz CT molecular complexity index is 860. The summed E-state index contributed by atoms with van der Waals surface area (Å²) in [6, 6.07) is 7.75. The fourth-order valence-corrected chi connectivity index (χ4v) is 3.42. The highest BCUT2D eigenvalue weighted by atomic mass is 19.1. The summed E-state index contributed by atoms with van der Waals surface area (Å²) < 4.78 is 14.8. The van der Waals surface area contributed by atoms with Crippen molar-refractivity contribution in [2.45, 2.75) is 40.5 Å². The third kappa shape index (κ3) is 4.40. The summed E-state index contributed by atoms with van der Waals surface area (Å²) in [7, 11) is 0. The van der Waals surface area contributed by atoms with Gasteiger partial charge in [0.2, 0.25) is 11.8 Å². The summed E-state index contributed by atoms with van der Waals surface area (Å²) >= 11 is 0. The molecule has 7 heteroatoms. The van der Waals surface area contributed by atoms with Crippen LogP contribution in [0.2, 0.25) is 0 Å². The molecule has 0 saturated carbocycles. The lowest BCUT2D eigenvalue weighted by Gasteiger charge is -2.35. The first-order valence-corrected chi connectivity index (χ1v) is 9.58. The fourth-order valence-electron chi connectivity index (χ4n) is 3.42. The molecule has 0 atom stereocenters. The molecule has 1 aliphatic rings. The zero-order valence-corrected chi connectivity index (χ0v) is 16.8. The number of hydrogen-bond acceptors (Lipinski definition) is 3. The second kappa shape index (κ2) is 7.73. The minimum Gasteiger partial charge on any atom is -0.342 e. The maximum absolute atomic E-state index is 13.2. The minimum atomic E-state index is -0.408. The highest BCUT2D eigenvalue weighted by Gasteiger charge is 2.32. The standard InChI is InChI=1S/C21H27FN4O2/c1-14-13-18(26(24-14)17-7-5-16(22)6-8-17)23-19(27)15-9-11-25(12-10-15)20(28)21(2,3)4/h5-8,13,15H,9-12H2,1-4H3,(H,23,27). The van der Waals surface area contributed by atoms with E-state index in [-0.39, 0.29) is 23.5 Å². The number of hydrogen-bond donors (Lipinski definition) is 1. The zero-order valence-electron chi connectivity index (χ0n) is 16.8. The van der Waals surface area contributed by atoms with Crippen LogP contribution in [-0.4, -0.2) is 39.6 Å². The van der Waals surface area contributed by atoms with Gasteiger partial charge in [0.15, 0.2) is 0 Å². The lowest BCUT2D eigenvalue weighted by Crippen LogP contribution is -2.45. The quantitative estimate of drug-likeness (QED) is 0.877. The molecule has 150 valence electrons. The molecule has 2 aromatic rings. The molecule has 0 bridgehead atoms. The van der Waals surface area contributed by atoms with Gasteiger partial charge in [0, 0.05) is 30.5 Å². The van der Waals surface area contributed by atoms with Crippen LogP contribution in [0.5, 0.6) is 0 Å². The molecule has 0 aliphatic carbocycles. The van der Waals surface area contributed by atoms with Crippen LogP contribution in [0.3, 0.4) is 0 Å². The Morgan fingerprint density at radius 1 is 1.14 bits per heavy atom. The smallest absolute Gasteiger partial charge is 0.228 e. The summed E-state index contributed by atoms with van der Waals surface area (Å²) in [6.45, 7) is 8.74. The van der Waals surface area contributed by atoms with E-state index in [1.54, 1.807) is 22.9 Å². The van der Waals surface area contributed by atoms with Crippen molar-refractivity contribution in [3.05, 3.63) is 41.8 Å². The van der Waals surface area contributed by atoms with Gasteiger partial charge < -0.3 is 10.2 Å². The van der Waals surface area contributed by atoms with Gasteiger partial charge in [-0.1, -0.05) is 20.8 Å². The molecule has 2 heterocycles. The molecule has 28 heavy (non-hydrogen) atoms. The molecule has 0 radical (unpaired) electrons. The van der Waals surface area contributed by atoms with Crippen LogP contribution in [0.1, 0.15) is 39.3 Å². The number of benzene rings is 1. The Balaban J connectivity index is 1.66. The van der Waals surface area contributed by atoms with Gasteiger partial charge in [0.1, 0.15) is 11.6 Å². The Morgan fingerprint density at radius 3 is 2.32 bits per heavy atom. The third-order valence-electron chi connectivity index (χ3n) is 4.95. The van der Waals surface area contributed by atoms with E-state index < -0.39 is 5.41 Å². The Morgan fingerprint density at radius 2 is 1.75 bits per heavy atom. The molecule has 2 amide bonds. The number of likely N-dealkylation sites (tertiary alicyclic amines) is 1. The summed E-state index contributed by atoms with van der Waals surface area (Å²) in [4.78, 5) is 27.0. The highest BCUT2D eigenvalue weighted by Crippen LogP contribution is 2.25. The van der Waals surface area contributed by atoms with E-state index >= 15 is 0 Å². The third-order valence-corrected chi connectivity index (χ3v) is 4.95. The monoisotopic (exact) mass is 386 g/mol. The summed E-state index contributed by atoms with van der Waals surface area (Å²) in [6.07, 6.45) is 1.27. The Kier molecular flexibility index (Phi) is 5.54. The molecular formula is C21H27FN4O2. The van der Waals surface area contributed by atoms with Gasteiger partial charge in [-0.2, -0.15) is 5.10 Å². The molecule has 1 aromatic carbocycles. The van der Waals surface area contributed by atoms with Crippen molar-refractivity contribution in [3.8, 4) is 5.69 Å². The van der Waals surface area contributed by atoms with E-state index in [9.17, 15) is 14.0 Å². The summed E-state index contributed by atoms with van der Waals surface area (Å²) in [5.74, 6) is 0.125. The average Bonchev–Trinajstić information content (AvgIpc) is 3.01. The number of nitrogens with zero attached hydrogens (tertiary/aromatic N) is 3. The first kappa shape index (κ1) is 20.0. The Hall–Kier alpha value is -2.70. The molecule has 1 fully saturated rings. The van der Waals surface area contributed by atoms with E-state index in [2.05, 4.69) is 10.4 Å². The van der Waals surface area contributed by atoms with Crippen LogP contribution < -0.4 is 5.32 Å². The number of carbonyl (C=O) groups is 2. The number of nitrogens with one attached hydrogen (secondary N) is 1. The number of amides is 2. The van der Waals surface area contributed by atoms with Crippen molar-refractivity contribution in [2.75, 3.05) is 18.4 Å². The van der Waals surface area contributed by atoms with Gasteiger partial charge in [-0.15, -0.1) is 0 Å². The first-order chi connectivity index (χ1) is 13.1. The lowest BCUT2D eigenvalue weighted by molar-refractivity contribution is -0.142. The maximum Gasteiger partial charge on any atom is 0.228 e. The predicted molar refractivity (Wildman–Crippen MR) is 106 cm³/mol. The molecular weight excluding hydrogens is 359 g/mol. The van der Waals surface area contributed by atoms with Crippen LogP contribution in [-0.2, 0) is 9.59 Å². The van der Waals surface area contributed by atoms with Crippen molar-refractivity contribution >= 4 is 17.6 Å². The fraction of sp³-hybridized carbons (Fsp3) is 0.476. The number of aryl methyl sites for hydroxylation is 1. The predicted octanol–water partition coefficient (Wildman–Crippen LogP) is 3.54. The lowest BCUT2D eigenvalue weighted by atomic mass is 9.90. The molecule has 3 rings (SSSR count). The van der Waals surface area contributed by atoms with Crippen LogP contribution in [0, 0.1) is 24.1 Å². The molecule has 0 spiro atoms. The normalized spacial score (nSPS) is 15.5. The molecule has 1 saturated heterocycles. The molecule has 0 unspecified atom stereocenters. The topological polar surface area (TPSA) is 67.2 Å². The number of anilines is 1. The van der Waals surface area contributed by atoms with Crippen molar-refractivity contribution in [2.24, 2.45) is 11.3 Å². The zero-order chi connectivity index (χ0) is 20.5. The number of rotatable bonds is 3. The number of halogens is 1. The van der Waals surface area contributed by atoms with Crippen molar-refractivity contribution in [1.29, 1.82) is 0 Å². The summed E-state index contributed by atoms with van der Waals surface area (Å²) in [5, 5.41) is 7.35. The van der Waals surface area contributed by atoms with Crippen molar-refractivity contribution in [1.82, 2.24) is 14.7 Å². The van der Waals surface area contributed by atoms with Gasteiger partial charge >= 0.3 is 0 Å². The SMILES string of the molecule is Cc1cc(NC(=O)C2CCN(C(=O)C(C)(C)C)CC2)n(-c2ccc(F)cc2)n1. The van der Waals surface area contributed by atoms with E-state index in [1.165, 1.54) is 12.1 Å². The van der Waals surface area contributed by atoms with Gasteiger partial charge in [-0.3, -0.25) is 9.59 Å². The minimum absolute atomic E-state index is 0.0777. The average molecular weight is 386 g/mol. The van der Waals surface area contributed by atoms with E-state index in [0.29, 0.717) is 37.4 Å². The maximum atomic E-state index is 13.2. The molecule has 6 nitrogen and oxygen atoms in total. The second-order valence-electron chi connectivity index (χ2n) is 8.36. The largest absolute Gasteiger partial charge is 0.342 e.